The fourth-order valence-electron chi connectivity index (χ4n) is 0.773. The Labute approximate surface area is 67.0 Å². The molecule has 0 aliphatic heterocycles. The number of rotatable bonds is 2. The van der Waals surface area contributed by atoms with Gasteiger partial charge in [0.1, 0.15) is 5.76 Å². The van der Waals surface area contributed by atoms with E-state index in [0.717, 1.165) is 16.9 Å². The molecule has 0 aliphatic carbocycles. The van der Waals surface area contributed by atoms with Crippen LogP contribution in [0.25, 0.3) is 6.08 Å². The number of allylic oxidation sites excluding steroid dienone is 2. The molecule has 0 saturated carbocycles. The van der Waals surface area contributed by atoms with Crippen LogP contribution in [0.3, 0.4) is 0 Å². The Bertz CT molecular complexity index is 279. The molecule has 0 radical (unpaired) electrons. The van der Waals surface area contributed by atoms with Gasteiger partial charge in [-0.3, -0.25) is 0 Å². The summed E-state index contributed by atoms with van der Waals surface area (Å²) in [5, 5.41) is 0. The van der Waals surface area contributed by atoms with Gasteiger partial charge in [-0.2, -0.15) is 0 Å². The Morgan fingerprint density at radius 1 is 1.64 bits per heavy atom. The van der Waals surface area contributed by atoms with E-state index in [4.69, 9.17) is 4.42 Å². The first-order valence-electron chi connectivity index (χ1n) is 3.58. The van der Waals surface area contributed by atoms with E-state index >= 15 is 0 Å². The van der Waals surface area contributed by atoms with Crippen LogP contribution in [0.1, 0.15) is 18.2 Å². The lowest BCUT2D eigenvalue weighted by Gasteiger charge is -1.87. The average Bonchev–Trinajstić information content (AvgIpc) is 2.31. The van der Waals surface area contributed by atoms with Crippen LogP contribution in [-0.4, -0.2) is 0 Å². The quantitative estimate of drug-likeness (QED) is 0.587. The van der Waals surface area contributed by atoms with Gasteiger partial charge in [0, 0.05) is 0 Å². The van der Waals surface area contributed by atoms with E-state index in [1.165, 1.54) is 0 Å². The number of hydrogen-bond donors (Lipinski definition) is 0. The first-order valence-corrected chi connectivity index (χ1v) is 3.58. The monoisotopic (exact) mass is 148 g/mol. The van der Waals surface area contributed by atoms with Crippen molar-refractivity contribution in [3.63, 3.8) is 0 Å². The third-order valence-corrected chi connectivity index (χ3v) is 1.42. The molecule has 0 bridgehead atoms. The zero-order chi connectivity index (χ0) is 8.27. The summed E-state index contributed by atoms with van der Waals surface area (Å²) < 4.78 is 5.19. The Hall–Kier alpha value is -1.24. The van der Waals surface area contributed by atoms with E-state index in [1.54, 1.807) is 6.26 Å². The van der Waals surface area contributed by atoms with Crippen molar-refractivity contribution >= 4 is 6.08 Å². The van der Waals surface area contributed by atoms with E-state index < -0.39 is 0 Å². The van der Waals surface area contributed by atoms with Crippen molar-refractivity contribution in [2.45, 2.75) is 13.8 Å². The molecular weight excluding hydrogens is 136 g/mol. The molecule has 1 rings (SSSR count). The standard InChI is InChI=1S/C10H12O/c1-8(2)4-5-10-9(3)6-7-11-10/h4-7H,1H2,2-3H3/b5-4+. The van der Waals surface area contributed by atoms with Crippen molar-refractivity contribution in [1.29, 1.82) is 0 Å². The molecule has 0 atom stereocenters. The number of hydrogen-bond acceptors (Lipinski definition) is 1. The topological polar surface area (TPSA) is 13.1 Å². The molecule has 11 heavy (non-hydrogen) atoms. The molecule has 1 nitrogen and oxygen atoms in total. The SMILES string of the molecule is C=C(C)/C=C/c1occc1C. The van der Waals surface area contributed by atoms with Crippen LogP contribution in [-0.2, 0) is 0 Å². The fraction of sp³-hybridized carbons (Fsp3) is 0.200. The molecular formula is C10H12O. The minimum atomic E-state index is 0.910. The van der Waals surface area contributed by atoms with E-state index in [9.17, 15) is 0 Å². The highest BCUT2D eigenvalue weighted by atomic mass is 16.3. The van der Waals surface area contributed by atoms with E-state index in [2.05, 4.69) is 6.58 Å². The molecule has 0 spiro atoms. The summed E-state index contributed by atoms with van der Waals surface area (Å²) in [6.07, 6.45) is 5.55. The van der Waals surface area contributed by atoms with Gasteiger partial charge in [0.15, 0.2) is 0 Å². The summed E-state index contributed by atoms with van der Waals surface area (Å²) in [4.78, 5) is 0. The molecule has 0 aliphatic rings. The Morgan fingerprint density at radius 3 is 2.82 bits per heavy atom. The Morgan fingerprint density at radius 2 is 2.36 bits per heavy atom. The number of aryl methyl sites for hydroxylation is 1. The smallest absolute Gasteiger partial charge is 0.129 e. The minimum Gasteiger partial charge on any atom is -0.465 e. The first-order chi connectivity index (χ1) is 5.20. The fourth-order valence-corrected chi connectivity index (χ4v) is 0.773. The third kappa shape index (κ3) is 2.11. The summed E-state index contributed by atoms with van der Waals surface area (Å²) in [7, 11) is 0. The Kier molecular flexibility index (Phi) is 2.32. The summed E-state index contributed by atoms with van der Waals surface area (Å²) in [6.45, 7) is 7.72. The highest BCUT2D eigenvalue weighted by molar-refractivity contribution is 5.50. The summed E-state index contributed by atoms with van der Waals surface area (Å²) >= 11 is 0. The molecule has 0 aromatic carbocycles. The lowest BCUT2D eigenvalue weighted by Crippen LogP contribution is -1.69. The molecule has 1 aromatic rings. The van der Waals surface area contributed by atoms with Gasteiger partial charge in [0.2, 0.25) is 0 Å². The van der Waals surface area contributed by atoms with Crippen LogP contribution in [0.5, 0.6) is 0 Å². The molecule has 0 N–H and O–H groups in total. The van der Waals surface area contributed by atoms with Crippen LogP contribution in [0, 0.1) is 6.92 Å². The lowest BCUT2D eigenvalue weighted by molar-refractivity contribution is 0.555. The van der Waals surface area contributed by atoms with Crippen molar-refractivity contribution < 1.29 is 4.42 Å². The Balaban J connectivity index is 2.79. The second-order valence-corrected chi connectivity index (χ2v) is 2.65. The zero-order valence-corrected chi connectivity index (χ0v) is 6.92. The van der Waals surface area contributed by atoms with Crippen molar-refractivity contribution in [3.05, 3.63) is 41.9 Å². The molecule has 1 heteroatoms. The summed E-state index contributed by atoms with van der Waals surface area (Å²) in [5.74, 6) is 0.910. The van der Waals surface area contributed by atoms with Gasteiger partial charge in [0.05, 0.1) is 6.26 Å². The molecule has 1 heterocycles. The maximum absolute atomic E-state index is 5.19. The van der Waals surface area contributed by atoms with E-state index in [0.29, 0.717) is 0 Å². The third-order valence-electron chi connectivity index (χ3n) is 1.42. The molecule has 0 saturated heterocycles. The lowest BCUT2D eigenvalue weighted by atomic mass is 10.2. The van der Waals surface area contributed by atoms with Crippen LogP contribution < -0.4 is 0 Å². The van der Waals surface area contributed by atoms with Crippen molar-refractivity contribution in [2.75, 3.05) is 0 Å². The van der Waals surface area contributed by atoms with Gasteiger partial charge in [-0.05, 0) is 31.6 Å². The maximum Gasteiger partial charge on any atom is 0.129 e. The van der Waals surface area contributed by atoms with Crippen molar-refractivity contribution in [2.24, 2.45) is 0 Å². The first kappa shape index (κ1) is 7.86. The molecule has 0 unspecified atom stereocenters. The van der Waals surface area contributed by atoms with Gasteiger partial charge < -0.3 is 4.42 Å². The van der Waals surface area contributed by atoms with Gasteiger partial charge in [0.25, 0.3) is 0 Å². The van der Waals surface area contributed by atoms with Crippen molar-refractivity contribution in [3.8, 4) is 0 Å². The van der Waals surface area contributed by atoms with E-state index in [-0.39, 0.29) is 0 Å². The maximum atomic E-state index is 5.19. The highest BCUT2D eigenvalue weighted by Crippen LogP contribution is 2.11. The predicted octanol–water partition coefficient (Wildman–Crippen LogP) is 3.18. The molecule has 0 amide bonds. The molecule has 0 fully saturated rings. The second kappa shape index (κ2) is 3.24. The largest absolute Gasteiger partial charge is 0.465 e. The van der Waals surface area contributed by atoms with Crippen LogP contribution in [0.15, 0.2) is 35.0 Å². The normalized spacial score (nSPS) is 10.7. The van der Waals surface area contributed by atoms with Crippen LogP contribution >= 0.6 is 0 Å². The van der Waals surface area contributed by atoms with Gasteiger partial charge in [-0.1, -0.05) is 18.2 Å². The van der Waals surface area contributed by atoms with Crippen molar-refractivity contribution in [1.82, 2.24) is 0 Å². The molecule has 58 valence electrons. The highest BCUT2D eigenvalue weighted by Gasteiger charge is 1.94. The van der Waals surface area contributed by atoms with Crippen LogP contribution in [0.4, 0.5) is 0 Å². The van der Waals surface area contributed by atoms with Gasteiger partial charge in [-0.15, -0.1) is 0 Å². The predicted molar refractivity (Wildman–Crippen MR) is 47.3 cm³/mol. The minimum absolute atomic E-state index is 0.910. The van der Waals surface area contributed by atoms with Gasteiger partial charge in [-0.25, -0.2) is 0 Å². The summed E-state index contributed by atoms with van der Waals surface area (Å²) in [6, 6.07) is 1.94. The number of furan rings is 1. The van der Waals surface area contributed by atoms with E-state index in [1.807, 2.05) is 32.1 Å². The van der Waals surface area contributed by atoms with Gasteiger partial charge >= 0.3 is 0 Å². The summed E-state index contributed by atoms with van der Waals surface area (Å²) in [5.41, 5.74) is 2.18. The zero-order valence-electron chi connectivity index (χ0n) is 6.92. The second-order valence-electron chi connectivity index (χ2n) is 2.65. The average molecular weight is 148 g/mol. The van der Waals surface area contributed by atoms with Crippen LogP contribution in [0.2, 0.25) is 0 Å². The molecule has 1 aromatic heterocycles.